The summed E-state index contributed by atoms with van der Waals surface area (Å²) in [6.07, 6.45) is 4.56. The van der Waals surface area contributed by atoms with Gasteiger partial charge in [0.2, 0.25) is 0 Å². The van der Waals surface area contributed by atoms with Crippen molar-refractivity contribution in [3.05, 3.63) is 35.4 Å². The van der Waals surface area contributed by atoms with Crippen molar-refractivity contribution in [2.75, 3.05) is 0 Å². The number of amides is 1. The maximum atomic E-state index is 12.2. The molecule has 0 unspecified atom stereocenters. The summed E-state index contributed by atoms with van der Waals surface area (Å²) in [5, 5.41) is 11.9. The summed E-state index contributed by atoms with van der Waals surface area (Å²) in [6, 6.07) is 7.55. The van der Waals surface area contributed by atoms with E-state index in [0.717, 1.165) is 32.1 Å². The van der Waals surface area contributed by atoms with Gasteiger partial charge in [0, 0.05) is 5.56 Å². The predicted molar refractivity (Wildman–Crippen MR) is 76.7 cm³/mol. The summed E-state index contributed by atoms with van der Waals surface area (Å²) in [6.45, 7) is 2.12. The normalized spacial score (nSPS) is 16.2. The average molecular weight is 275 g/mol. The molecule has 2 N–H and O–H groups in total. The second-order valence-corrected chi connectivity index (χ2v) is 5.61. The highest BCUT2D eigenvalue weighted by atomic mass is 16.4. The standard InChI is InChI=1S/C16H21NO3/c1-2-4-12-5-7-13(8-6-12)15(20)17-16(9-3-10-16)11-14(18)19/h5-8H,2-4,9-11H2,1H3,(H,17,20)(H,18,19). The Hall–Kier alpha value is -1.84. The second-order valence-electron chi connectivity index (χ2n) is 5.61. The van der Waals surface area contributed by atoms with Crippen LogP contribution in [-0.2, 0) is 11.2 Å². The molecule has 1 amide bonds. The number of carbonyl (C=O) groups excluding carboxylic acids is 1. The van der Waals surface area contributed by atoms with Gasteiger partial charge in [-0.15, -0.1) is 0 Å². The first-order valence-corrected chi connectivity index (χ1v) is 7.18. The highest BCUT2D eigenvalue weighted by Gasteiger charge is 2.40. The number of rotatable bonds is 6. The quantitative estimate of drug-likeness (QED) is 0.839. The zero-order chi connectivity index (χ0) is 14.6. The molecule has 1 aliphatic rings. The largest absolute Gasteiger partial charge is 0.481 e. The molecule has 1 saturated carbocycles. The molecule has 1 aliphatic carbocycles. The molecule has 0 bridgehead atoms. The summed E-state index contributed by atoms with van der Waals surface area (Å²) < 4.78 is 0. The minimum atomic E-state index is -0.858. The number of nitrogens with one attached hydrogen (secondary N) is 1. The SMILES string of the molecule is CCCc1ccc(C(=O)NC2(CC(=O)O)CCC2)cc1. The summed E-state index contributed by atoms with van der Waals surface area (Å²) in [7, 11) is 0. The molecule has 0 aliphatic heterocycles. The Labute approximate surface area is 119 Å². The third kappa shape index (κ3) is 3.38. The molecule has 0 atom stereocenters. The molecule has 1 fully saturated rings. The van der Waals surface area contributed by atoms with Gasteiger partial charge in [-0.3, -0.25) is 9.59 Å². The maximum Gasteiger partial charge on any atom is 0.305 e. The Morgan fingerprint density at radius 3 is 2.35 bits per heavy atom. The first kappa shape index (κ1) is 14.6. The molecule has 2 rings (SSSR count). The highest BCUT2D eigenvalue weighted by molar-refractivity contribution is 5.95. The number of aryl methyl sites for hydroxylation is 1. The molecule has 4 nitrogen and oxygen atoms in total. The van der Waals surface area contributed by atoms with Crippen molar-refractivity contribution in [2.45, 2.75) is 51.0 Å². The van der Waals surface area contributed by atoms with Gasteiger partial charge >= 0.3 is 5.97 Å². The van der Waals surface area contributed by atoms with Crippen LogP contribution < -0.4 is 5.32 Å². The molecular weight excluding hydrogens is 254 g/mol. The topological polar surface area (TPSA) is 66.4 Å². The smallest absolute Gasteiger partial charge is 0.305 e. The summed E-state index contributed by atoms with van der Waals surface area (Å²) in [5.74, 6) is -1.03. The fraction of sp³-hybridized carbons (Fsp3) is 0.500. The van der Waals surface area contributed by atoms with Crippen molar-refractivity contribution in [1.82, 2.24) is 5.32 Å². The molecule has 0 aromatic heterocycles. The van der Waals surface area contributed by atoms with E-state index in [1.165, 1.54) is 5.56 Å². The molecule has 4 heteroatoms. The van der Waals surface area contributed by atoms with Crippen molar-refractivity contribution in [2.24, 2.45) is 0 Å². The van der Waals surface area contributed by atoms with E-state index in [2.05, 4.69) is 12.2 Å². The molecule has 0 saturated heterocycles. The van der Waals surface area contributed by atoms with Gasteiger partial charge in [-0.1, -0.05) is 25.5 Å². The molecule has 1 aromatic rings. The Kier molecular flexibility index (Phi) is 4.42. The third-order valence-corrected chi connectivity index (χ3v) is 3.93. The lowest BCUT2D eigenvalue weighted by Gasteiger charge is -2.41. The van der Waals surface area contributed by atoms with Gasteiger partial charge in [0.05, 0.1) is 12.0 Å². The highest BCUT2D eigenvalue weighted by Crippen LogP contribution is 2.35. The van der Waals surface area contributed by atoms with Gasteiger partial charge in [-0.2, -0.15) is 0 Å². The van der Waals surface area contributed by atoms with Crippen LogP contribution in [0.25, 0.3) is 0 Å². The number of benzene rings is 1. The minimum absolute atomic E-state index is 0.00661. The van der Waals surface area contributed by atoms with Gasteiger partial charge in [-0.25, -0.2) is 0 Å². The van der Waals surface area contributed by atoms with Crippen molar-refractivity contribution in [3.63, 3.8) is 0 Å². The Balaban J connectivity index is 2.01. The van der Waals surface area contributed by atoms with Crippen LogP contribution in [0.5, 0.6) is 0 Å². The summed E-state index contributed by atoms with van der Waals surface area (Å²) in [5.41, 5.74) is 1.28. The lowest BCUT2D eigenvalue weighted by atomic mass is 9.74. The summed E-state index contributed by atoms with van der Waals surface area (Å²) >= 11 is 0. The number of hydrogen-bond acceptors (Lipinski definition) is 2. The van der Waals surface area contributed by atoms with E-state index in [1.807, 2.05) is 24.3 Å². The van der Waals surface area contributed by atoms with Crippen LogP contribution in [0.2, 0.25) is 0 Å². The molecule has 0 heterocycles. The van der Waals surface area contributed by atoms with Crippen molar-refractivity contribution < 1.29 is 14.7 Å². The molecule has 0 spiro atoms. The predicted octanol–water partition coefficient (Wildman–Crippen LogP) is 2.77. The molecule has 108 valence electrons. The maximum absolute atomic E-state index is 12.2. The molecule has 0 radical (unpaired) electrons. The zero-order valence-electron chi connectivity index (χ0n) is 11.8. The van der Waals surface area contributed by atoms with Crippen LogP contribution in [-0.4, -0.2) is 22.5 Å². The number of aliphatic carboxylic acids is 1. The Morgan fingerprint density at radius 1 is 1.25 bits per heavy atom. The van der Waals surface area contributed by atoms with Crippen LogP contribution in [0.15, 0.2) is 24.3 Å². The van der Waals surface area contributed by atoms with Gasteiger partial charge < -0.3 is 10.4 Å². The average Bonchev–Trinajstić information content (AvgIpc) is 2.36. The van der Waals surface area contributed by atoms with E-state index in [9.17, 15) is 9.59 Å². The van der Waals surface area contributed by atoms with Gasteiger partial charge in [-0.05, 0) is 43.4 Å². The Morgan fingerprint density at radius 2 is 1.90 bits per heavy atom. The van der Waals surface area contributed by atoms with Gasteiger partial charge in [0.1, 0.15) is 0 Å². The number of hydrogen-bond donors (Lipinski definition) is 2. The minimum Gasteiger partial charge on any atom is -0.481 e. The number of carboxylic acid groups (broad SMARTS) is 1. The van der Waals surface area contributed by atoms with Crippen LogP contribution >= 0.6 is 0 Å². The van der Waals surface area contributed by atoms with E-state index in [4.69, 9.17) is 5.11 Å². The van der Waals surface area contributed by atoms with E-state index in [-0.39, 0.29) is 12.3 Å². The van der Waals surface area contributed by atoms with Gasteiger partial charge in [0.15, 0.2) is 0 Å². The van der Waals surface area contributed by atoms with Crippen LogP contribution in [0, 0.1) is 0 Å². The van der Waals surface area contributed by atoms with Crippen molar-refractivity contribution >= 4 is 11.9 Å². The van der Waals surface area contributed by atoms with Crippen LogP contribution in [0.1, 0.15) is 54.9 Å². The second kappa shape index (κ2) is 6.07. The van der Waals surface area contributed by atoms with Crippen molar-refractivity contribution in [1.29, 1.82) is 0 Å². The van der Waals surface area contributed by atoms with Crippen molar-refractivity contribution in [3.8, 4) is 0 Å². The molecule has 1 aromatic carbocycles. The number of carboxylic acids is 1. The summed E-state index contributed by atoms with van der Waals surface area (Å²) in [4.78, 5) is 23.1. The van der Waals surface area contributed by atoms with Crippen LogP contribution in [0.4, 0.5) is 0 Å². The van der Waals surface area contributed by atoms with Crippen LogP contribution in [0.3, 0.4) is 0 Å². The van der Waals surface area contributed by atoms with E-state index < -0.39 is 11.5 Å². The fourth-order valence-corrected chi connectivity index (χ4v) is 2.66. The third-order valence-electron chi connectivity index (χ3n) is 3.93. The first-order valence-electron chi connectivity index (χ1n) is 7.18. The monoisotopic (exact) mass is 275 g/mol. The Bertz CT molecular complexity index is 489. The first-order chi connectivity index (χ1) is 9.54. The van der Waals surface area contributed by atoms with E-state index in [0.29, 0.717) is 5.56 Å². The molecule has 20 heavy (non-hydrogen) atoms. The number of carbonyl (C=O) groups is 2. The lowest BCUT2D eigenvalue weighted by Crippen LogP contribution is -2.54. The van der Waals surface area contributed by atoms with Gasteiger partial charge in [0.25, 0.3) is 5.91 Å². The zero-order valence-corrected chi connectivity index (χ0v) is 11.8. The lowest BCUT2D eigenvalue weighted by molar-refractivity contribution is -0.139. The fourth-order valence-electron chi connectivity index (χ4n) is 2.66. The van der Waals surface area contributed by atoms with E-state index in [1.54, 1.807) is 0 Å². The molecular formula is C16H21NO3. The van der Waals surface area contributed by atoms with E-state index >= 15 is 0 Å².